The van der Waals surface area contributed by atoms with E-state index in [4.69, 9.17) is 14.3 Å². The Balaban J connectivity index is 0.000000268. The van der Waals surface area contributed by atoms with Crippen LogP contribution in [0.2, 0.25) is 0 Å². The molecule has 38 heavy (non-hydrogen) atoms. The Morgan fingerprint density at radius 3 is 1.84 bits per heavy atom. The highest BCUT2D eigenvalue weighted by molar-refractivity contribution is 7.91. The summed E-state index contributed by atoms with van der Waals surface area (Å²) in [6, 6.07) is 14.1. The van der Waals surface area contributed by atoms with Gasteiger partial charge in [-0.05, 0) is 72.5 Å². The van der Waals surface area contributed by atoms with Crippen molar-refractivity contribution in [3.63, 3.8) is 0 Å². The van der Waals surface area contributed by atoms with Crippen LogP contribution in [0.1, 0.15) is 18.1 Å². The van der Waals surface area contributed by atoms with E-state index in [2.05, 4.69) is 0 Å². The molecule has 0 spiro atoms. The summed E-state index contributed by atoms with van der Waals surface area (Å²) in [5.74, 6) is -1.05. The molecule has 3 aromatic rings. The zero-order chi connectivity index (χ0) is 28.7. The highest BCUT2D eigenvalue weighted by Gasteiger charge is 2.12. The number of aliphatic carboxylic acids is 1. The van der Waals surface area contributed by atoms with Crippen molar-refractivity contribution in [1.29, 1.82) is 0 Å². The molecule has 1 aromatic heterocycles. The summed E-state index contributed by atoms with van der Waals surface area (Å²) >= 11 is 0. The van der Waals surface area contributed by atoms with Gasteiger partial charge in [0.15, 0.2) is 19.7 Å². The number of hydrogen-bond acceptors (Lipinski definition) is 8. The predicted molar refractivity (Wildman–Crippen MR) is 144 cm³/mol. The molecule has 11 heteroatoms. The molecule has 0 amide bonds. The molecule has 0 radical (unpaired) electrons. The van der Waals surface area contributed by atoms with Gasteiger partial charge in [-0.3, -0.25) is 0 Å². The number of ether oxygens (including phenoxy) is 1. The summed E-state index contributed by atoms with van der Waals surface area (Å²) < 4.78 is 55.0. The third-order valence-corrected chi connectivity index (χ3v) is 7.66. The van der Waals surface area contributed by atoms with Gasteiger partial charge in [0.1, 0.15) is 0 Å². The van der Waals surface area contributed by atoms with Crippen LogP contribution >= 0.6 is 0 Å². The van der Waals surface area contributed by atoms with Gasteiger partial charge in [0, 0.05) is 23.6 Å². The fourth-order valence-electron chi connectivity index (χ4n) is 3.25. The molecule has 0 bridgehead atoms. The number of methoxy groups -OCH3 is 1. The third kappa shape index (κ3) is 8.02. The van der Waals surface area contributed by atoms with Crippen LogP contribution in [0.3, 0.4) is 0 Å². The minimum atomic E-state index is -3.27. The molecule has 202 valence electrons. The molecule has 0 unspecified atom stereocenters. The molecule has 0 atom stereocenters. The monoisotopic (exact) mass is 560 g/mol. The van der Waals surface area contributed by atoms with Crippen molar-refractivity contribution in [3.05, 3.63) is 100 Å². The number of carbonyl (C=O) groups is 1. The average molecular weight is 561 g/mol. The van der Waals surface area contributed by atoms with E-state index in [1.807, 2.05) is 0 Å². The Hall–Kier alpha value is -3.96. The number of benzene rings is 2. The van der Waals surface area contributed by atoms with E-state index >= 15 is 0 Å². The lowest BCUT2D eigenvalue weighted by Crippen LogP contribution is -2.03. The van der Waals surface area contributed by atoms with Gasteiger partial charge in [-0.15, -0.1) is 0 Å². The maximum absolute atomic E-state index is 11.4. The van der Waals surface area contributed by atoms with Crippen molar-refractivity contribution in [1.82, 2.24) is 0 Å². The van der Waals surface area contributed by atoms with E-state index in [0.29, 0.717) is 16.7 Å². The van der Waals surface area contributed by atoms with E-state index in [1.54, 1.807) is 37.3 Å². The van der Waals surface area contributed by atoms with Crippen molar-refractivity contribution in [2.24, 2.45) is 0 Å². The van der Waals surface area contributed by atoms with Gasteiger partial charge in [0.25, 0.3) is 0 Å². The molecule has 0 aliphatic rings. The van der Waals surface area contributed by atoms with Crippen LogP contribution in [0.4, 0.5) is 0 Å². The van der Waals surface area contributed by atoms with E-state index in [9.17, 15) is 26.4 Å². The minimum absolute atomic E-state index is 0.144. The lowest BCUT2D eigenvalue weighted by Gasteiger charge is -2.07. The van der Waals surface area contributed by atoms with Crippen molar-refractivity contribution in [2.45, 2.75) is 23.6 Å². The second-order valence-electron chi connectivity index (χ2n) is 8.22. The zero-order valence-corrected chi connectivity index (χ0v) is 23.1. The standard InChI is InChI=1S/C14H16O5S.C13H12O4S/c1-10(14(15)16)13(8-9-19-2)11-4-6-12(7-5-11)20(3,17)18;1-9-12(7-8-17-13(9)14)10-3-5-11(6-4-10)18(2,15)16/h4-9H,1-3H3,(H,15,16);3-8H,1-2H3/b9-8?,13-10+;. The minimum Gasteiger partial charge on any atom is -0.504 e. The normalized spacial score (nSPS) is 12.3. The van der Waals surface area contributed by atoms with Crippen molar-refractivity contribution >= 4 is 31.2 Å². The van der Waals surface area contributed by atoms with Crippen LogP contribution in [0.25, 0.3) is 16.7 Å². The molecule has 3 rings (SSSR count). The molecule has 1 heterocycles. The summed E-state index contributed by atoms with van der Waals surface area (Å²) in [6.45, 7) is 3.15. The molecule has 0 fully saturated rings. The molecule has 0 saturated carbocycles. The van der Waals surface area contributed by atoms with Crippen LogP contribution in [0.15, 0.2) is 97.8 Å². The first-order valence-electron chi connectivity index (χ1n) is 11.0. The Morgan fingerprint density at radius 1 is 0.895 bits per heavy atom. The number of carboxylic acids is 1. The highest BCUT2D eigenvalue weighted by atomic mass is 32.2. The number of rotatable bonds is 7. The van der Waals surface area contributed by atoms with Gasteiger partial charge in [-0.1, -0.05) is 24.3 Å². The maximum atomic E-state index is 11.4. The molecule has 9 nitrogen and oxygen atoms in total. The number of allylic oxidation sites excluding steroid dienone is 2. The first-order valence-corrected chi connectivity index (χ1v) is 14.8. The predicted octanol–water partition coefficient (Wildman–Crippen LogP) is 4.13. The van der Waals surface area contributed by atoms with Gasteiger partial charge >= 0.3 is 11.6 Å². The molecule has 0 saturated heterocycles. The summed E-state index contributed by atoms with van der Waals surface area (Å²) in [5, 5.41) is 9.07. The average Bonchev–Trinajstić information content (AvgIpc) is 2.85. The van der Waals surface area contributed by atoms with Gasteiger partial charge in [0.2, 0.25) is 0 Å². The molecule has 0 aliphatic carbocycles. The maximum Gasteiger partial charge on any atom is 0.339 e. The lowest BCUT2D eigenvalue weighted by atomic mass is 10.0. The number of carboxylic acid groups (broad SMARTS) is 1. The first-order chi connectivity index (χ1) is 17.7. The second-order valence-corrected chi connectivity index (χ2v) is 12.3. The third-order valence-electron chi connectivity index (χ3n) is 5.40. The molecule has 2 aromatic carbocycles. The van der Waals surface area contributed by atoms with Crippen molar-refractivity contribution in [3.8, 4) is 11.1 Å². The fraction of sp³-hybridized carbons (Fsp3) is 0.185. The van der Waals surface area contributed by atoms with Crippen LogP contribution in [-0.4, -0.2) is 47.5 Å². The quantitative estimate of drug-likeness (QED) is 0.256. The molecular weight excluding hydrogens is 532 g/mol. The van der Waals surface area contributed by atoms with E-state index in [-0.39, 0.29) is 21.0 Å². The van der Waals surface area contributed by atoms with Gasteiger partial charge in [-0.2, -0.15) is 0 Å². The van der Waals surface area contributed by atoms with Crippen LogP contribution in [-0.2, 0) is 29.2 Å². The van der Waals surface area contributed by atoms with E-state index in [1.165, 1.54) is 56.9 Å². The molecule has 0 aliphatic heterocycles. The summed E-state index contributed by atoms with van der Waals surface area (Å²) in [6.07, 6.45) is 6.50. The topological polar surface area (TPSA) is 145 Å². The summed E-state index contributed by atoms with van der Waals surface area (Å²) in [5.41, 5.74) is 2.85. The number of hydrogen-bond donors (Lipinski definition) is 1. The highest BCUT2D eigenvalue weighted by Crippen LogP contribution is 2.24. The fourth-order valence-corrected chi connectivity index (χ4v) is 4.51. The first kappa shape index (κ1) is 30.3. The zero-order valence-electron chi connectivity index (χ0n) is 21.5. The second kappa shape index (κ2) is 12.5. The van der Waals surface area contributed by atoms with E-state index in [0.717, 1.165) is 23.6 Å². The molecule has 1 N–H and O–H groups in total. The number of sulfone groups is 2. The van der Waals surface area contributed by atoms with Crippen LogP contribution < -0.4 is 5.63 Å². The summed E-state index contributed by atoms with van der Waals surface area (Å²) in [4.78, 5) is 22.9. The summed E-state index contributed by atoms with van der Waals surface area (Å²) in [7, 11) is -5.02. The van der Waals surface area contributed by atoms with Crippen LogP contribution in [0, 0.1) is 6.92 Å². The van der Waals surface area contributed by atoms with Gasteiger partial charge in [-0.25, -0.2) is 26.4 Å². The lowest BCUT2D eigenvalue weighted by molar-refractivity contribution is -0.132. The van der Waals surface area contributed by atoms with Crippen molar-refractivity contribution < 1.29 is 35.9 Å². The van der Waals surface area contributed by atoms with Gasteiger partial charge < -0.3 is 14.3 Å². The van der Waals surface area contributed by atoms with Crippen molar-refractivity contribution in [2.75, 3.05) is 19.6 Å². The van der Waals surface area contributed by atoms with E-state index < -0.39 is 25.6 Å². The Morgan fingerprint density at radius 2 is 1.39 bits per heavy atom. The largest absolute Gasteiger partial charge is 0.504 e. The van der Waals surface area contributed by atoms with Crippen LogP contribution in [0.5, 0.6) is 0 Å². The SMILES string of the molecule is COC=C/C(=C(/C)C(=O)O)c1ccc(S(C)(=O)=O)cc1.Cc1c(-c2ccc(S(C)(=O)=O)cc2)ccoc1=O. The Labute approximate surface area is 221 Å². The Bertz CT molecular complexity index is 1630. The Kier molecular flexibility index (Phi) is 9.97. The van der Waals surface area contributed by atoms with Gasteiger partial charge in [0.05, 0.1) is 29.4 Å². The molecular formula is C27H28O9S2. The smallest absolute Gasteiger partial charge is 0.339 e.